The van der Waals surface area contributed by atoms with Crippen molar-refractivity contribution in [1.82, 2.24) is 20.4 Å². The fourth-order valence-corrected chi connectivity index (χ4v) is 4.02. The number of urea groups is 1. The van der Waals surface area contributed by atoms with Crippen LogP contribution in [0.2, 0.25) is 0 Å². The summed E-state index contributed by atoms with van der Waals surface area (Å²) in [5, 5.41) is 5.65. The van der Waals surface area contributed by atoms with Gasteiger partial charge in [0.2, 0.25) is 11.8 Å². The minimum Gasteiger partial charge on any atom is -0.352 e. The third-order valence-corrected chi connectivity index (χ3v) is 5.69. The lowest BCUT2D eigenvalue weighted by molar-refractivity contribution is -0.140. The minimum atomic E-state index is -1.09. The summed E-state index contributed by atoms with van der Waals surface area (Å²) in [6.45, 7) is -0.464. The van der Waals surface area contributed by atoms with Crippen molar-refractivity contribution < 1.29 is 19.2 Å². The van der Waals surface area contributed by atoms with Crippen LogP contribution >= 0.6 is 0 Å². The lowest BCUT2D eigenvalue weighted by Crippen LogP contribution is -2.48. The smallest absolute Gasteiger partial charge is 0.325 e. The van der Waals surface area contributed by atoms with Crippen molar-refractivity contribution in [3.8, 4) is 0 Å². The van der Waals surface area contributed by atoms with E-state index in [1.807, 2.05) is 24.3 Å². The Bertz CT molecular complexity index is 850. The van der Waals surface area contributed by atoms with E-state index in [2.05, 4.69) is 10.6 Å². The van der Waals surface area contributed by atoms with E-state index in [9.17, 15) is 19.2 Å². The van der Waals surface area contributed by atoms with Crippen molar-refractivity contribution in [3.63, 3.8) is 0 Å². The van der Waals surface area contributed by atoms with Gasteiger partial charge in [-0.05, 0) is 43.2 Å². The van der Waals surface area contributed by atoms with Gasteiger partial charge in [-0.25, -0.2) is 4.79 Å². The number of aryl methyl sites for hydroxylation is 1. The predicted molar refractivity (Wildman–Crippen MR) is 100 cm³/mol. The molecule has 4 rings (SSSR count). The number of hydrogen-bond acceptors (Lipinski definition) is 4. The van der Waals surface area contributed by atoms with E-state index >= 15 is 0 Å². The number of benzene rings is 1. The number of carbonyl (C=O) groups is 4. The summed E-state index contributed by atoms with van der Waals surface area (Å²) in [7, 11) is 1.50. The van der Waals surface area contributed by atoms with Gasteiger partial charge in [-0.15, -0.1) is 0 Å². The molecule has 2 aliphatic carbocycles. The largest absolute Gasteiger partial charge is 0.352 e. The quantitative estimate of drug-likeness (QED) is 0.723. The SMILES string of the molecule is CN(CC(=O)NC1CC1)C(=O)CN1C(=O)N[C@@]2(CCCc3ccccc32)C1=O. The molecule has 0 bridgehead atoms. The van der Waals surface area contributed by atoms with Crippen LogP contribution in [0.4, 0.5) is 4.79 Å². The van der Waals surface area contributed by atoms with E-state index in [4.69, 9.17) is 0 Å². The summed E-state index contributed by atoms with van der Waals surface area (Å²) in [4.78, 5) is 52.4. The molecule has 1 saturated carbocycles. The monoisotopic (exact) mass is 384 g/mol. The third kappa shape index (κ3) is 3.23. The first-order chi connectivity index (χ1) is 13.4. The molecule has 1 aromatic rings. The highest BCUT2D eigenvalue weighted by molar-refractivity contribution is 6.09. The van der Waals surface area contributed by atoms with Crippen molar-refractivity contribution in [2.24, 2.45) is 0 Å². The molecule has 1 aliphatic heterocycles. The predicted octanol–water partition coefficient (Wildman–Crippen LogP) is 0.507. The number of fused-ring (bicyclic) bond motifs is 2. The van der Waals surface area contributed by atoms with E-state index in [1.54, 1.807) is 0 Å². The van der Waals surface area contributed by atoms with Crippen molar-refractivity contribution in [2.45, 2.75) is 43.7 Å². The molecule has 148 valence electrons. The molecule has 3 aliphatic rings. The molecule has 8 heteroatoms. The van der Waals surface area contributed by atoms with Crippen molar-refractivity contribution in [2.75, 3.05) is 20.1 Å². The summed E-state index contributed by atoms with van der Waals surface area (Å²) < 4.78 is 0. The lowest BCUT2D eigenvalue weighted by Gasteiger charge is -2.33. The van der Waals surface area contributed by atoms with Crippen LogP contribution in [0.3, 0.4) is 0 Å². The van der Waals surface area contributed by atoms with Gasteiger partial charge in [0.1, 0.15) is 12.1 Å². The van der Waals surface area contributed by atoms with Crippen molar-refractivity contribution in [1.29, 1.82) is 0 Å². The van der Waals surface area contributed by atoms with Crippen LogP contribution in [0, 0.1) is 0 Å². The fourth-order valence-electron chi connectivity index (χ4n) is 4.02. The number of imide groups is 1. The van der Waals surface area contributed by atoms with Crippen LogP contribution in [0.15, 0.2) is 24.3 Å². The average molecular weight is 384 g/mol. The Morgan fingerprint density at radius 3 is 2.79 bits per heavy atom. The first-order valence-corrected chi connectivity index (χ1v) is 9.66. The number of rotatable bonds is 5. The van der Waals surface area contributed by atoms with Crippen molar-refractivity contribution in [3.05, 3.63) is 35.4 Å². The van der Waals surface area contributed by atoms with E-state index in [1.165, 1.54) is 11.9 Å². The Morgan fingerprint density at radius 2 is 2.04 bits per heavy atom. The average Bonchev–Trinajstić information content (AvgIpc) is 3.45. The number of hydrogen-bond donors (Lipinski definition) is 2. The maximum absolute atomic E-state index is 13.2. The molecule has 1 aromatic carbocycles. The van der Waals surface area contributed by atoms with Gasteiger partial charge < -0.3 is 15.5 Å². The standard InChI is InChI=1S/C20H24N4O4/c1-23(11-16(25)21-14-8-9-14)17(26)12-24-18(27)20(22-19(24)28)10-4-6-13-5-2-3-7-15(13)20/h2-3,5,7,14H,4,6,8-12H2,1H3,(H,21,25)(H,22,28)/t20-/m1/s1. The maximum Gasteiger partial charge on any atom is 0.325 e. The molecule has 0 radical (unpaired) electrons. The Hall–Kier alpha value is -2.90. The Balaban J connectivity index is 1.46. The summed E-state index contributed by atoms with van der Waals surface area (Å²) in [5.41, 5.74) is 0.768. The van der Waals surface area contributed by atoms with E-state index in [0.29, 0.717) is 6.42 Å². The zero-order valence-electron chi connectivity index (χ0n) is 15.9. The highest BCUT2D eigenvalue weighted by Crippen LogP contribution is 2.39. The molecular formula is C20H24N4O4. The summed E-state index contributed by atoms with van der Waals surface area (Å²) >= 11 is 0. The molecule has 0 unspecified atom stereocenters. The first-order valence-electron chi connectivity index (χ1n) is 9.66. The van der Waals surface area contributed by atoms with E-state index < -0.39 is 23.4 Å². The maximum atomic E-state index is 13.2. The van der Waals surface area contributed by atoms with Crippen LogP contribution in [-0.4, -0.2) is 59.7 Å². The highest BCUT2D eigenvalue weighted by atomic mass is 16.2. The molecular weight excluding hydrogens is 360 g/mol. The van der Waals surface area contributed by atoms with Gasteiger partial charge in [-0.1, -0.05) is 24.3 Å². The second-order valence-electron chi connectivity index (χ2n) is 7.83. The van der Waals surface area contributed by atoms with Crippen LogP contribution in [-0.2, 0) is 26.3 Å². The molecule has 0 aromatic heterocycles. The van der Waals surface area contributed by atoms with Gasteiger partial charge in [0, 0.05) is 13.1 Å². The lowest BCUT2D eigenvalue weighted by atomic mass is 9.76. The molecule has 8 nitrogen and oxygen atoms in total. The first kappa shape index (κ1) is 18.5. The second kappa shape index (κ2) is 6.92. The zero-order chi connectivity index (χ0) is 19.9. The van der Waals surface area contributed by atoms with Gasteiger partial charge in [-0.3, -0.25) is 19.3 Å². The summed E-state index contributed by atoms with van der Waals surface area (Å²) in [6, 6.07) is 7.26. The van der Waals surface area contributed by atoms with Crippen LogP contribution in [0.5, 0.6) is 0 Å². The van der Waals surface area contributed by atoms with E-state index in [-0.39, 0.29) is 25.0 Å². The summed E-state index contributed by atoms with van der Waals surface area (Å²) in [5.74, 6) is -1.07. The Morgan fingerprint density at radius 1 is 1.29 bits per heavy atom. The summed E-state index contributed by atoms with van der Waals surface area (Å²) in [6.07, 6.45) is 4.09. The fraction of sp³-hybridized carbons (Fsp3) is 0.500. The number of nitrogens with one attached hydrogen (secondary N) is 2. The molecule has 1 heterocycles. The molecule has 5 amide bonds. The molecule has 2 fully saturated rings. The molecule has 28 heavy (non-hydrogen) atoms. The molecule has 1 atom stereocenters. The number of carbonyl (C=O) groups excluding carboxylic acids is 4. The van der Waals surface area contributed by atoms with Crippen LogP contribution in [0.1, 0.15) is 36.8 Å². The number of amides is 5. The molecule has 2 N–H and O–H groups in total. The van der Waals surface area contributed by atoms with Gasteiger partial charge in [0.25, 0.3) is 5.91 Å². The second-order valence-corrected chi connectivity index (χ2v) is 7.83. The minimum absolute atomic E-state index is 0.0903. The van der Waals surface area contributed by atoms with Gasteiger partial charge in [0.05, 0.1) is 6.54 Å². The van der Waals surface area contributed by atoms with Gasteiger partial charge in [-0.2, -0.15) is 0 Å². The van der Waals surface area contributed by atoms with Gasteiger partial charge in [0.15, 0.2) is 0 Å². The van der Waals surface area contributed by atoms with Crippen molar-refractivity contribution >= 4 is 23.8 Å². The zero-order valence-corrected chi connectivity index (χ0v) is 15.9. The molecule has 1 spiro atoms. The van der Waals surface area contributed by atoms with Crippen LogP contribution < -0.4 is 10.6 Å². The topological polar surface area (TPSA) is 98.8 Å². The Labute approximate surface area is 163 Å². The number of likely N-dealkylation sites (N-methyl/N-ethyl adjacent to an activating group) is 1. The Kier molecular flexibility index (Phi) is 4.56. The normalized spacial score (nSPS) is 23.4. The van der Waals surface area contributed by atoms with E-state index in [0.717, 1.165) is 41.7 Å². The third-order valence-electron chi connectivity index (χ3n) is 5.69. The van der Waals surface area contributed by atoms with Gasteiger partial charge >= 0.3 is 6.03 Å². The highest BCUT2D eigenvalue weighted by Gasteiger charge is 2.54. The van der Waals surface area contributed by atoms with Crippen LogP contribution in [0.25, 0.3) is 0 Å². The molecule has 1 saturated heterocycles. The number of nitrogens with zero attached hydrogens (tertiary/aromatic N) is 2.